The lowest BCUT2D eigenvalue weighted by atomic mass is 9.91. The highest BCUT2D eigenvalue weighted by Gasteiger charge is 2.33. The molecule has 0 aromatic carbocycles. The molecule has 1 aliphatic carbocycles. The van der Waals surface area contributed by atoms with Gasteiger partial charge in [0, 0.05) is 48.8 Å². The lowest BCUT2D eigenvalue weighted by molar-refractivity contribution is -0.134. The number of rotatable bonds is 3. The van der Waals surface area contributed by atoms with Crippen molar-refractivity contribution in [2.24, 2.45) is 0 Å². The second kappa shape index (κ2) is 8.89. The number of aryl methyl sites for hydroxylation is 1. The summed E-state index contributed by atoms with van der Waals surface area (Å²) in [5.74, 6) is -2.16. The first-order valence-corrected chi connectivity index (χ1v) is 8.93. The Morgan fingerprint density at radius 2 is 1.76 bits per heavy atom. The van der Waals surface area contributed by atoms with Gasteiger partial charge in [0.15, 0.2) is 5.78 Å². The van der Waals surface area contributed by atoms with Gasteiger partial charge in [0.2, 0.25) is 0 Å². The van der Waals surface area contributed by atoms with E-state index in [-0.39, 0.29) is 6.04 Å². The number of Topliss-reactive ketones (excluding diaryl/α,β-unsaturated/α-hetero) is 1. The predicted octanol–water partition coefficient (Wildman–Crippen LogP) is 1.20. The van der Waals surface area contributed by atoms with Gasteiger partial charge in [-0.2, -0.15) is 0 Å². The molecule has 0 radical (unpaired) electrons. The third kappa shape index (κ3) is 5.48. The maximum atomic E-state index is 12.4. The van der Waals surface area contributed by atoms with Crippen molar-refractivity contribution in [1.82, 2.24) is 9.80 Å². The van der Waals surface area contributed by atoms with Crippen molar-refractivity contribution >= 4 is 29.1 Å². The van der Waals surface area contributed by atoms with E-state index in [1.54, 1.807) is 11.3 Å². The van der Waals surface area contributed by atoms with Gasteiger partial charge in [0.25, 0.3) is 0 Å². The molecular formula is C17H22N2O5S. The molecule has 1 unspecified atom stereocenters. The third-order valence-electron chi connectivity index (χ3n) is 4.31. The molecule has 1 aromatic heterocycles. The number of piperazine rings is 1. The molecule has 7 nitrogen and oxygen atoms in total. The Bertz CT molecular complexity index is 646. The summed E-state index contributed by atoms with van der Waals surface area (Å²) in [5.41, 5.74) is 0.991. The smallest absolute Gasteiger partial charge is 0.328 e. The molecule has 2 N–H and O–H groups in total. The number of thiophene rings is 1. The van der Waals surface area contributed by atoms with Crippen LogP contribution < -0.4 is 0 Å². The highest BCUT2D eigenvalue weighted by atomic mass is 32.1. The SMILES string of the molecule is CN1CCN(C2CCc3sccc3C2=O)CC1.O=C(O)/C=C\C(=O)O. The molecular weight excluding hydrogens is 344 g/mol. The van der Waals surface area contributed by atoms with Crippen LogP contribution in [0.3, 0.4) is 0 Å². The van der Waals surface area contributed by atoms with Crippen LogP contribution in [0.5, 0.6) is 0 Å². The molecule has 25 heavy (non-hydrogen) atoms. The summed E-state index contributed by atoms with van der Waals surface area (Å²) in [5, 5.41) is 17.7. The largest absolute Gasteiger partial charge is 0.478 e. The highest BCUT2D eigenvalue weighted by Crippen LogP contribution is 2.28. The average Bonchev–Trinajstić information content (AvgIpc) is 3.05. The molecule has 1 aromatic rings. The molecule has 136 valence electrons. The number of carboxylic acid groups (broad SMARTS) is 2. The lowest BCUT2D eigenvalue weighted by Crippen LogP contribution is -2.52. The minimum Gasteiger partial charge on any atom is -0.478 e. The van der Waals surface area contributed by atoms with Crippen molar-refractivity contribution < 1.29 is 24.6 Å². The number of likely N-dealkylation sites (N-methyl/N-ethyl adjacent to an activating group) is 1. The number of ketones is 1. The minimum absolute atomic E-state index is 0.144. The molecule has 0 bridgehead atoms. The predicted molar refractivity (Wildman–Crippen MR) is 94.2 cm³/mol. The van der Waals surface area contributed by atoms with E-state index < -0.39 is 11.9 Å². The number of carbonyl (C=O) groups is 3. The molecule has 8 heteroatoms. The van der Waals surface area contributed by atoms with Crippen LogP contribution in [0.1, 0.15) is 21.7 Å². The molecule has 3 rings (SSSR count). The van der Waals surface area contributed by atoms with Crippen LogP contribution in [0.4, 0.5) is 0 Å². The quantitative estimate of drug-likeness (QED) is 0.776. The van der Waals surface area contributed by atoms with Crippen molar-refractivity contribution in [2.45, 2.75) is 18.9 Å². The van der Waals surface area contributed by atoms with Gasteiger partial charge in [0.05, 0.1) is 6.04 Å². The number of hydrogen-bond donors (Lipinski definition) is 2. The zero-order valence-electron chi connectivity index (χ0n) is 14.1. The Balaban J connectivity index is 0.000000242. The van der Waals surface area contributed by atoms with Gasteiger partial charge in [-0.05, 0) is 31.3 Å². The topological polar surface area (TPSA) is 98.2 Å². The normalized spacial score (nSPS) is 21.5. The zero-order valence-corrected chi connectivity index (χ0v) is 14.9. The summed E-state index contributed by atoms with van der Waals surface area (Å²) in [4.78, 5) is 37.5. The van der Waals surface area contributed by atoms with E-state index in [4.69, 9.17) is 10.2 Å². The van der Waals surface area contributed by atoms with E-state index in [1.165, 1.54) is 4.88 Å². The van der Waals surface area contributed by atoms with Crippen LogP contribution in [0.25, 0.3) is 0 Å². The van der Waals surface area contributed by atoms with E-state index in [0.717, 1.165) is 44.6 Å². The summed E-state index contributed by atoms with van der Waals surface area (Å²) in [6, 6.07) is 2.15. The fraction of sp³-hybridized carbons (Fsp3) is 0.471. The molecule has 2 heterocycles. The van der Waals surface area contributed by atoms with E-state index in [1.807, 2.05) is 6.07 Å². The summed E-state index contributed by atoms with van der Waals surface area (Å²) in [6.45, 7) is 4.24. The Kier molecular flexibility index (Phi) is 6.86. The summed E-state index contributed by atoms with van der Waals surface area (Å²) >= 11 is 1.73. The number of carbonyl (C=O) groups excluding carboxylic acids is 1. The summed E-state index contributed by atoms with van der Waals surface area (Å²) in [7, 11) is 2.15. The Labute approximate surface area is 150 Å². The van der Waals surface area contributed by atoms with Crippen molar-refractivity contribution in [3.8, 4) is 0 Å². The monoisotopic (exact) mass is 366 g/mol. The van der Waals surface area contributed by atoms with E-state index >= 15 is 0 Å². The lowest BCUT2D eigenvalue weighted by Gasteiger charge is -2.38. The third-order valence-corrected chi connectivity index (χ3v) is 5.29. The fourth-order valence-electron chi connectivity index (χ4n) is 2.96. The maximum Gasteiger partial charge on any atom is 0.328 e. The Hall–Kier alpha value is -2.03. The molecule has 0 saturated carbocycles. The van der Waals surface area contributed by atoms with Crippen molar-refractivity contribution in [3.63, 3.8) is 0 Å². The van der Waals surface area contributed by atoms with Gasteiger partial charge in [-0.3, -0.25) is 9.69 Å². The average molecular weight is 366 g/mol. The Morgan fingerprint density at radius 1 is 1.16 bits per heavy atom. The van der Waals surface area contributed by atoms with Gasteiger partial charge in [-0.1, -0.05) is 0 Å². The first kappa shape index (κ1) is 19.3. The number of hydrogen-bond acceptors (Lipinski definition) is 6. The first-order valence-electron chi connectivity index (χ1n) is 8.05. The Morgan fingerprint density at radius 3 is 2.32 bits per heavy atom. The van der Waals surface area contributed by atoms with Gasteiger partial charge < -0.3 is 15.1 Å². The molecule has 1 atom stereocenters. The standard InChI is InChI=1S/C13H18N2OS.C4H4O4/c1-14-5-7-15(8-6-14)11-2-3-12-10(13(11)16)4-9-17-12;5-3(6)1-2-4(7)8/h4,9,11H,2-3,5-8H2,1H3;1-2H,(H,5,6)(H,7,8)/b;2-1-. The van der Waals surface area contributed by atoms with E-state index in [9.17, 15) is 14.4 Å². The highest BCUT2D eigenvalue weighted by molar-refractivity contribution is 7.10. The number of aliphatic carboxylic acids is 2. The summed E-state index contributed by atoms with van der Waals surface area (Å²) in [6.07, 6.45) is 3.20. The number of carboxylic acids is 2. The summed E-state index contributed by atoms with van der Waals surface area (Å²) < 4.78 is 0. The van der Waals surface area contributed by atoms with Gasteiger partial charge in [-0.25, -0.2) is 9.59 Å². The van der Waals surface area contributed by atoms with Crippen LogP contribution in [-0.4, -0.2) is 77.0 Å². The number of nitrogens with zero attached hydrogens (tertiary/aromatic N) is 2. The van der Waals surface area contributed by atoms with Crippen molar-refractivity contribution in [2.75, 3.05) is 33.2 Å². The molecule has 1 fully saturated rings. The van der Waals surface area contributed by atoms with E-state index in [2.05, 4.69) is 22.2 Å². The van der Waals surface area contributed by atoms with Crippen LogP contribution in [0, 0.1) is 0 Å². The van der Waals surface area contributed by atoms with Crippen LogP contribution in [-0.2, 0) is 16.0 Å². The molecule has 0 amide bonds. The fourth-order valence-corrected chi connectivity index (χ4v) is 3.86. The van der Waals surface area contributed by atoms with E-state index in [0.29, 0.717) is 17.9 Å². The zero-order chi connectivity index (χ0) is 18.4. The van der Waals surface area contributed by atoms with Crippen LogP contribution in [0.15, 0.2) is 23.6 Å². The molecule has 2 aliphatic rings. The van der Waals surface area contributed by atoms with Gasteiger partial charge >= 0.3 is 11.9 Å². The maximum absolute atomic E-state index is 12.4. The van der Waals surface area contributed by atoms with Gasteiger partial charge in [-0.15, -0.1) is 11.3 Å². The van der Waals surface area contributed by atoms with Crippen molar-refractivity contribution in [1.29, 1.82) is 0 Å². The molecule has 0 spiro atoms. The molecule has 1 saturated heterocycles. The van der Waals surface area contributed by atoms with Crippen molar-refractivity contribution in [3.05, 3.63) is 34.0 Å². The van der Waals surface area contributed by atoms with Crippen LogP contribution >= 0.6 is 11.3 Å². The minimum atomic E-state index is -1.26. The second-order valence-corrected chi connectivity index (χ2v) is 7.03. The second-order valence-electron chi connectivity index (χ2n) is 6.03. The molecule has 1 aliphatic heterocycles. The number of fused-ring (bicyclic) bond motifs is 1. The van der Waals surface area contributed by atoms with Crippen LogP contribution in [0.2, 0.25) is 0 Å². The van der Waals surface area contributed by atoms with Gasteiger partial charge in [0.1, 0.15) is 0 Å². The first-order chi connectivity index (χ1) is 11.9.